The molecule has 0 saturated carbocycles. The first-order valence-electron chi connectivity index (χ1n) is 7.67. The summed E-state index contributed by atoms with van der Waals surface area (Å²) in [6.45, 7) is 4.39. The molecule has 0 aliphatic carbocycles. The number of rotatable bonds is 3. The summed E-state index contributed by atoms with van der Waals surface area (Å²) in [7, 11) is 2.04. The van der Waals surface area contributed by atoms with Gasteiger partial charge in [-0.05, 0) is 25.5 Å². The van der Waals surface area contributed by atoms with Crippen molar-refractivity contribution in [3.63, 3.8) is 0 Å². The first kappa shape index (κ1) is 14.6. The Morgan fingerprint density at radius 3 is 2.91 bits per heavy atom. The quantitative estimate of drug-likeness (QED) is 0.933. The van der Waals surface area contributed by atoms with Gasteiger partial charge in [0.15, 0.2) is 0 Å². The zero-order valence-corrected chi connectivity index (χ0v) is 13.0. The first-order valence-corrected chi connectivity index (χ1v) is 7.67. The Bertz CT molecular complexity index is 653. The second-order valence-corrected chi connectivity index (χ2v) is 5.51. The van der Waals surface area contributed by atoms with E-state index in [1.54, 1.807) is 12.5 Å². The summed E-state index contributed by atoms with van der Waals surface area (Å²) >= 11 is 0. The van der Waals surface area contributed by atoms with Gasteiger partial charge in [0.2, 0.25) is 0 Å². The molecule has 0 atom stereocenters. The second-order valence-electron chi connectivity index (χ2n) is 5.51. The highest BCUT2D eigenvalue weighted by Gasteiger charge is 2.23. The van der Waals surface area contributed by atoms with Crippen LogP contribution in [0.4, 0.5) is 5.82 Å². The van der Waals surface area contributed by atoms with Crippen molar-refractivity contribution < 1.29 is 4.79 Å². The largest absolute Gasteiger partial charge is 0.360 e. The lowest BCUT2D eigenvalue weighted by atomic mass is 10.1. The lowest BCUT2D eigenvalue weighted by Gasteiger charge is -2.20. The number of nitrogens with one attached hydrogen (secondary N) is 1. The van der Waals surface area contributed by atoms with Crippen LogP contribution in [0.5, 0.6) is 0 Å². The molecule has 6 heteroatoms. The molecule has 6 nitrogen and oxygen atoms in total. The minimum atomic E-state index is 0.0520. The fraction of sp³-hybridized carbons (Fsp3) is 0.438. The highest BCUT2D eigenvalue weighted by Crippen LogP contribution is 2.23. The van der Waals surface area contributed by atoms with Crippen LogP contribution in [-0.2, 0) is 12.8 Å². The summed E-state index contributed by atoms with van der Waals surface area (Å²) in [6.07, 6.45) is 4.97. The number of amides is 1. The van der Waals surface area contributed by atoms with Crippen LogP contribution in [0.2, 0.25) is 0 Å². The molecule has 1 aliphatic heterocycles. The van der Waals surface area contributed by atoms with Gasteiger partial charge in [0.05, 0.1) is 5.69 Å². The van der Waals surface area contributed by atoms with E-state index < -0.39 is 0 Å². The summed E-state index contributed by atoms with van der Waals surface area (Å²) in [5.41, 5.74) is 2.88. The number of aromatic amines is 1. The topological polar surface area (TPSA) is 65.1 Å². The summed E-state index contributed by atoms with van der Waals surface area (Å²) < 4.78 is 0. The minimum absolute atomic E-state index is 0.0520. The van der Waals surface area contributed by atoms with Crippen LogP contribution < -0.4 is 4.90 Å². The van der Waals surface area contributed by atoms with Gasteiger partial charge in [-0.1, -0.05) is 0 Å². The molecule has 1 aliphatic rings. The third kappa shape index (κ3) is 2.68. The van der Waals surface area contributed by atoms with Crippen LogP contribution in [0.25, 0.3) is 0 Å². The van der Waals surface area contributed by atoms with E-state index in [9.17, 15) is 4.79 Å². The van der Waals surface area contributed by atoms with E-state index in [1.807, 2.05) is 24.1 Å². The standard InChI is InChI=1S/C16H21N5O/c1-3-20(2)15-12-6-9-21(10-7-13(12)18-11-19-15)16(22)14-5-4-8-17-14/h4-5,8,11,17H,3,6-7,9-10H2,1-2H3. The van der Waals surface area contributed by atoms with Gasteiger partial charge in [0, 0.05) is 44.9 Å². The predicted octanol–water partition coefficient (Wildman–Crippen LogP) is 1.50. The molecule has 116 valence electrons. The van der Waals surface area contributed by atoms with Crippen LogP contribution in [-0.4, -0.2) is 52.4 Å². The third-order valence-electron chi connectivity index (χ3n) is 4.21. The van der Waals surface area contributed by atoms with Crippen molar-refractivity contribution >= 4 is 11.7 Å². The van der Waals surface area contributed by atoms with E-state index in [4.69, 9.17) is 0 Å². The number of hydrogen-bond acceptors (Lipinski definition) is 4. The molecule has 22 heavy (non-hydrogen) atoms. The first-order chi connectivity index (χ1) is 10.7. The Morgan fingerprint density at radius 1 is 1.36 bits per heavy atom. The maximum atomic E-state index is 12.5. The minimum Gasteiger partial charge on any atom is -0.360 e. The molecule has 2 aromatic rings. The van der Waals surface area contributed by atoms with Gasteiger partial charge in [-0.3, -0.25) is 4.79 Å². The average Bonchev–Trinajstić information content (AvgIpc) is 3.00. The fourth-order valence-corrected chi connectivity index (χ4v) is 2.82. The molecular weight excluding hydrogens is 278 g/mol. The van der Waals surface area contributed by atoms with Crippen molar-refractivity contribution in [2.45, 2.75) is 19.8 Å². The van der Waals surface area contributed by atoms with E-state index in [2.05, 4.69) is 26.8 Å². The fourth-order valence-electron chi connectivity index (χ4n) is 2.82. The van der Waals surface area contributed by atoms with Crippen LogP contribution in [0.3, 0.4) is 0 Å². The van der Waals surface area contributed by atoms with Crippen molar-refractivity contribution in [3.05, 3.63) is 41.6 Å². The summed E-state index contributed by atoms with van der Waals surface area (Å²) in [4.78, 5) is 28.4. The second kappa shape index (κ2) is 6.17. The number of H-pyrrole nitrogens is 1. The van der Waals surface area contributed by atoms with Crippen molar-refractivity contribution in [2.75, 3.05) is 31.6 Å². The monoisotopic (exact) mass is 299 g/mol. The Morgan fingerprint density at radius 2 is 2.18 bits per heavy atom. The molecular formula is C16H21N5O. The normalized spacial score (nSPS) is 14.4. The van der Waals surface area contributed by atoms with Crippen LogP contribution in [0, 0.1) is 0 Å². The van der Waals surface area contributed by atoms with Gasteiger partial charge in [-0.25, -0.2) is 9.97 Å². The molecule has 1 N–H and O–H groups in total. The number of anilines is 1. The SMILES string of the molecule is CCN(C)c1ncnc2c1CCN(C(=O)c1ccc[nH]1)CC2. The average molecular weight is 299 g/mol. The number of fused-ring (bicyclic) bond motifs is 1. The number of carbonyl (C=O) groups excluding carboxylic acids is 1. The van der Waals surface area contributed by atoms with Gasteiger partial charge in [-0.15, -0.1) is 0 Å². The van der Waals surface area contributed by atoms with Gasteiger partial charge in [0.1, 0.15) is 17.8 Å². The number of carbonyl (C=O) groups is 1. The molecule has 3 heterocycles. The molecule has 2 aromatic heterocycles. The van der Waals surface area contributed by atoms with Crippen LogP contribution in [0.15, 0.2) is 24.7 Å². The highest BCUT2D eigenvalue weighted by molar-refractivity contribution is 5.92. The Kier molecular flexibility index (Phi) is 4.09. The van der Waals surface area contributed by atoms with Gasteiger partial charge < -0.3 is 14.8 Å². The number of hydrogen-bond donors (Lipinski definition) is 1. The maximum Gasteiger partial charge on any atom is 0.270 e. The Balaban J connectivity index is 1.82. The van der Waals surface area contributed by atoms with E-state index in [-0.39, 0.29) is 5.91 Å². The predicted molar refractivity (Wildman–Crippen MR) is 85.1 cm³/mol. The van der Waals surface area contributed by atoms with Gasteiger partial charge in [-0.2, -0.15) is 0 Å². The highest BCUT2D eigenvalue weighted by atomic mass is 16.2. The lowest BCUT2D eigenvalue weighted by molar-refractivity contribution is 0.0758. The van der Waals surface area contributed by atoms with E-state index >= 15 is 0 Å². The lowest BCUT2D eigenvalue weighted by Crippen LogP contribution is -2.33. The van der Waals surface area contributed by atoms with Crippen molar-refractivity contribution in [2.24, 2.45) is 0 Å². The molecule has 1 amide bonds. The third-order valence-corrected chi connectivity index (χ3v) is 4.21. The van der Waals surface area contributed by atoms with Crippen LogP contribution >= 0.6 is 0 Å². The molecule has 3 rings (SSSR count). The molecule has 0 aromatic carbocycles. The van der Waals surface area contributed by atoms with Gasteiger partial charge in [0.25, 0.3) is 5.91 Å². The summed E-state index contributed by atoms with van der Waals surface area (Å²) in [5.74, 6) is 1.04. The van der Waals surface area contributed by atoms with E-state index in [1.165, 1.54) is 5.56 Å². The van der Waals surface area contributed by atoms with Gasteiger partial charge >= 0.3 is 0 Å². The number of aromatic nitrogens is 3. The van der Waals surface area contributed by atoms with E-state index in [0.717, 1.165) is 30.9 Å². The zero-order chi connectivity index (χ0) is 15.5. The van der Waals surface area contributed by atoms with Crippen molar-refractivity contribution in [1.29, 1.82) is 0 Å². The van der Waals surface area contributed by atoms with Crippen LogP contribution in [0.1, 0.15) is 28.7 Å². The molecule has 0 bridgehead atoms. The van der Waals surface area contributed by atoms with Crippen molar-refractivity contribution in [1.82, 2.24) is 19.9 Å². The maximum absolute atomic E-state index is 12.5. The zero-order valence-electron chi connectivity index (χ0n) is 13.0. The molecule has 0 saturated heterocycles. The molecule has 0 spiro atoms. The van der Waals surface area contributed by atoms with Crippen molar-refractivity contribution in [3.8, 4) is 0 Å². The molecule has 0 fully saturated rings. The Hall–Kier alpha value is -2.37. The summed E-state index contributed by atoms with van der Waals surface area (Å²) in [6, 6.07) is 3.66. The Labute approximate surface area is 130 Å². The smallest absolute Gasteiger partial charge is 0.270 e. The van der Waals surface area contributed by atoms with E-state index in [0.29, 0.717) is 18.8 Å². The number of nitrogens with zero attached hydrogens (tertiary/aromatic N) is 4. The summed E-state index contributed by atoms with van der Waals surface area (Å²) in [5, 5.41) is 0. The molecule has 0 unspecified atom stereocenters. The molecule has 0 radical (unpaired) electrons.